The second kappa shape index (κ2) is 3.65. The first-order chi connectivity index (χ1) is 4.61. The SMILES string of the molecule is Cl[C@@H]1O[C@H](Cl)[C@H](Cl)O[C@@H]1Cl. The zero-order valence-electron chi connectivity index (χ0n) is 4.64. The van der Waals surface area contributed by atoms with E-state index in [9.17, 15) is 0 Å². The molecular weight excluding hydrogens is 222 g/mol. The van der Waals surface area contributed by atoms with Gasteiger partial charge in [0.25, 0.3) is 0 Å². The number of alkyl halides is 4. The monoisotopic (exact) mass is 224 g/mol. The third kappa shape index (κ3) is 2.03. The van der Waals surface area contributed by atoms with Gasteiger partial charge in [-0.05, 0) is 0 Å². The van der Waals surface area contributed by atoms with E-state index in [2.05, 4.69) is 0 Å². The lowest BCUT2D eigenvalue weighted by Gasteiger charge is -2.30. The van der Waals surface area contributed by atoms with Crippen LogP contribution in [0.1, 0.15) is 0 Å². The van der Waals surface area contributed by atoms with Crippen molar-refractivity contribution in [1.29, 1.82) is 0 Å². The molecule has 0 amide bonds. The molecule has 6 heteroatoms. The third-order valence-corrected chi connectivity index (χ3v) is 2.52. The lowest BCUT2D eigenvalue weighted by Crippen LogP contribution is -2.39. The van der Waals surface area contributed by atoms with E-state index in [0.29, 0.717) is 0 Å². The van der Waals surface area contributed by atoms with Crippen molar-refractivity contribution in [2.45, 2.75) is 22.3 Å². The predicted molar refractivity (Wildman–Crippen MR) is 40.7 cm³/mol. The van der Waals surface area contributed by atoms with Gasteiger partial charge in [0.05, 0.1) is 0 Å². The molecule has 0 saturated carbocycles. The van der Waals surface area contributed by atoms with E-state index in [1.165, 1.54) is 0 Å². The Morgan fingerprint density at radius 3 is 1.00 bits per heavy atom. The summed E-state index contributed by atoms with van der Waals surface area (Å²) in [6.07, 6.45) is 0. The molecule has 0 aromatic rings. The van der Waals surface area contributed by atoms with Crippen molar-refractivity contribution in [3.63, 3.8) is 0 Å². The van der Waals surface area contributed by atoms with Crippen molar-refractivity contribution in [3.8, 4) is 0 Å². The average Bonchev–Trinajstić information content (AvgIpc) is 1.84. The fourth-order valence-corrected chi connectivity index (χ4v) is 1.28. The Labute approximate surface area is 78.3 Å². The topological polar surface area (TPSA) is 18.5 Å². The van der Waals surface area contributed by atoms with Crippen molar-refractivity contribution in [1.82, 2.24) is 0 Å². The molecule has 4 atom stereocenters. The van der Waals surface area contributed by atoms with E-state index < -0.39 is 22.3 Å². The fraction of sp³-hybridized carbons (Fsp3) is 1.00. The van der Waals surface area contributed by atoms with Gasteiger partial charge in [0.2, 0.25) is 0 Å². The highest BCUT2D eigenvalue weighted by atomic mass is 35.5. The Balaban J connectivity index is 2.46. The second-order valence-corrected chi connectivity index (χ2v) is 3.40. The van der Waals surface area contributed by atoms with Crippen molar-refractivity contribution in [2.75, 3.05) is 0 Å². The maximum atomic E-state index is 5.51. The molecule has 1 saturated heterocycles. The van der Waals surface area contributed by atoms with Gasteiger partial charge in [0, 0.05) is 0 Å². The summed E-state index contributed by atoms with van der Waals surface area (Å²) in [5, 5.41) is 0. The molecule has 0 unspecified atom stereocenters. The maximum Gasteiger partial charge on any atom is 0.173 e. The quantitative estimate of drug-likeness (QED) is 0.590. The standard InChI is InChI=1S/C4H4Cl4O2/c5-1-2(6)10-4(8)3(7)9-1/h1-4H/t1-,2+,3+,4-. The predicted octanol–water partition coefficient (Wildman–Crippen LogP) is 2.29. The lowest BCUT2D eigenvalue weighted by atomic mass is 10.6. The highest BCUT2D eigenvalue weighted by Crippen LogP contribution is 2.28. The molecule has 1 aliphatic rings. The number of rotatable bonds is 0. The highest BCUT2D eigenvalue weighted by Gasteiger charge is 2.34. The Morgan fingerprint density at radius 2 is 0.800 bits per heavy atom. The van der Waals surface area contributed by atoms with Crippen molar-refractivity contribution in [2.24, 2.45) is 0 Å². The van der Waals surface area contributed by atoms with Gasteiger partial charge in [-0.1, -0.05) is 46.4 Å². The molecule has 0 aliphatic carbocycles. The first kappa shape index (κ1) is 9.17. The number of ether oxygens (including phenoxy) is 2. The number of hydrogen-bond donors (Lipinski definition) is 0. The van der Waals surface area contributed by atoms with E-state index in [-0.39, 0.29) is 0 Å². The van der Waals surface area contributed by atoms with Crippen LogP contribution in [0.3, 0.4) is 0 Å². The minimum atomic E-state index is -0.737. The normalized spacial score (nSPS) is 49.2. The Hall–Kier alpha value is 1.08. The molecule has 0 radical (unpaired) electrons. The van der Waals surface area contributed by atoms with Crippen LogP contribution < -0.4 is 0 Å². The van der Waals surface area contributed by atoms with Crippen LogP contribution >= 0.6 is 46.4 Å². The maximum absolute atomic E-state index is 5.51. The zero-order valence-corrected chi connectivity index (χ0v) is 7.66. The Bertz CT molecular complexity index is 95.8. The molecule has 0 N–H and O–H groups in total. The van der Waals surface area contributed by atoms with Gasteiger partial charge in [-0.2, -0.15) is 0 Å². The van der Waals surface area contributed by atoms with Crippen LogP contribution in [0.5, 0.6) is 0 Å². The van der Waals surface area contributed by atoms with Gasteiger partial charge in [-0.15, -0.1) is 0 Å². The van der Waals surface area contributed by atoms with E-state index in [4.69, 9.17) is 55.9 Å². The number of halogens is 4. The van der Waals surface area contributed by atoms with Gasteiger partial charge in [-0.3, -0.25) is 0 Å². The molecule has 1 aliphatic heterocycles. The second-order valence-electron chi connectivity index (χ2n) is 1.68. The summed E-state index contributed by atoms with van der Waals surface area (Å²) >= 11 is 22.0. The molecule has 1 heterocycles. The van der Waals surface area contributed by atoms with Crippen LogP contribution in [0.2, 0.25) is 0 Å². The van der Waals surface area contributed by atoms with Crippen molar-refractivity contribution >= 4 is 46.4 Å². The summed E-state index contributed by atoms with van der Waals surface area (Å²) in [6.45, 7) is 0. The molecule has 0 aromatic heterocycles. The summed E-state index contributed by atoms with van der Waals surface area (Å²) in [7, 11) is 0. The summed E-state index contributed by atoms with van der Waals surface area (Å²) in [6, 6.07) is 0. The first-order valence-electron chi connectivity index (χ1n) is 2.48. The van der Waals surface area contributed by atoms with Crippen LogP contribution in [-0.4, -0.2) is 22.3 Å². The zero-order chi connectivity index (χ0) is 7.72. The molecule has 1 rings (SSSR count). The minimum Gasteiger partial charge on any atom is -0.335 e. The fourth-order valence-electron chi connectivity index (χ4n) is 0.495. The van der Waals surface area contributed by atoms with E-state index in [1.54, 1.807) is 0 Å². The summed E-state index contributed by atoms with van der Waals surface area (Å²) in [5.74, 6) is 0. The molecule has 10 heavy (non-hydrogen) atoms. The largest absolute Gasteiger partial charge is 0.335 e. The van der Waals surface area contributed by atoms with Crippen LogP contribution in [0, 0.1) is 0 Å². The van der Waals surface area contributed by atoms with Crippen LogP contribution in [0.15, 0.2) is 0 Å². The van der Waals surface area contributed by atoms with Crippen LogP contribution in [0.4, 0.5) is 0 Å². The van der Waals surface area contributed by atoms with Gasteiger partial charge in [-0.25, -0.2) is 0 Å². The molecule has 2 nitrogen and oxygen atoms in total. The van der Waals surface area contributed by atoms with Gasteiger partial charge >= 0.3 is 0 Å². The van der Waals surface area contributed by atoms with Crippen LogP contribution in [-0.2, 0) is 9.47 Å². The molecule has 0 spiro atoms. The molecule has 1 fully saturated rings. The van der Waals surface area contributed by atoms with Gasteiger partial charge in [0.1, 0.15) is 0 Å². The Kier molecular flexibility index (Phi) is 3.35. The molecule has 0 bridgehead atoms. The van der Waals surface area contributed by atoms with E-state index >= 15 is 0 Å². The van der Waals surface area contributed by atoms with Gasteiger partial charge in [0.15, 0.2) is 22.3 Å². The molecule has 0 aromatic carbocycles. The third-order valence-electron chi connectivity index (χ3n) is 0.932. The first-order valence-corrected chi connectivity index (χ1v) is 4.23. The Morgan fingerprint density at radius 1 is 0.600 bits per heavy atom. The molecular formula is C4H4Cl4O2. The summed E-state index contributed by atoms with van der Waals surface area (Å²) < 4.78 is 9.71. The molecule has 60 valence electrons. The lowest BCUT2D eigenvalue weighted by molar-refractivity contribution is -0.109. The minimum absolute atomic E-state index is 0.737. The number of hydrogen-bond acceptors (Lipinski definition) is 2. The van der Waals surface area contributed by atoms with Crippen LogP contribution in [0.25, 0.3) is 0 Å². The smallest absolute Gasteiger partial charge is 0.173 e. The van der Waals surface area contributed by atoms with E-state index in [1.807, 2.05) is 0 Å². The highest BCUT2D eigenvalue weighted by molar-refractivity contribution is 6.31. The summed E-state index contributed by atoms with van der Waals surface area (Å²) in [4.78, 5) is 0. The van der Waals surface area contributed by atoms with Gasteiger partial charge < -0.3 is 9.47 Å². The summed E-state index contributed by atoms with van der Waals surface area (Å²) in [5.41, 5.74) is -2.95. The van der Waals surface area contributed by atoms with Crippen molar-refractivity contribution < 1.29 is 9.47 Å². The van der Waals surface area contributed by atoms with E-state index in [0.717, 1.165) is 0 Å². The van der Waals surface area contributed by atoms with Crippen molar-refractivity contribution in [3.05, 3.63) is 0 Å². The average molecular weight is 226 g/mol.